The average molecular weight is 241 g/mol. The zero-order chi connectivity index (χ0) is 12.4. The molecule has 2 rings (SSSR count). The van der Waals surface area contributed by atoms with E-state index in [2.05, 4.69) is 5.32 Å². The zero-order valence-electron chi connectivity index (χ0n) is 10.0. The second-order valence-electron chi connectivity index (χ2n) is 4.67. The summed E-state index contributed by atoms with van der Waals surface area (Å²) in [6, 6.07) is -0.381. The molecule has 0 radical (unpaired) electrons. The largest absolute Gasteiger partial charge is 0.364 e. The summed E-state index contributed by atoms with van der Waals surface area (Å²) in [5, 5.41) is 2.75. The number of carbonyl (C=O) groups excluding carboxylic acids is 2. The number of rotatable bonds is 3. The predicted molar refractivity (Wildman–Crippen MR) is 61.1 cm³/mol. The van der Waals surface area contributed by atoms with Crippen LogP contribution in [0, 0.1) is 0 Å². The molecule has 2 heterocycles. The summed E-state index contributed by atoms with van der Waals surface area (Å²) in [5.74, 6) is -0.207. The Hall–Kier alpha value is -1.14. The molecule has 2 fully saturated rings. The fourth-order valence-electron chi connectivity index (χ4n) is 2.29. The number of nitrogens with zero attached hydrogens (tertiary/aromatic N) is 1. The van der Waals surface area contributed by atoms with Crippen LogP contribution < -0.4 is 11.1 Å². The highest BCUT2D eigenvalue weighted by atomic mass is 16.5. The zero-order valence-corrected chi connectivity index (χ0v) is 10.0. The van der Waals surface area contributed by atoms with Crippen molar-refractivity contribution in [2.24, 2.45) is 5.73 Å². The monoisotopic (exact) mass is 241 g/mol. The minimum Gasteiger partial charge on any atom is -0.364 e. The minimum absolute atomic E-state index is 0.0206. The summed E-state index contributed by atoms with van der Waals surface area (Å²) in [4.78, 5) is 25.1. The van der Waals surface area contributed by atoms with Gasteiger partial charge in [-0.05, 0) is 19.3 Å². The maximum Gasteiger partial charge on any atom is 0.249 e. The van der Waals surface area contributed by atoms with E-state index in [0.29, 0.717) is 25.9 Å². The van der Waals surface area contributed by atoms with E-state index in [0.717, 1.165) is 6.42 Å². The topological polar surface area (TPSA) is 84.7 Å². The van der Waals surface area contributed by atoms with Crippen LogP contribution in [0.25, 0.3) is 0 Å². The van der Waals surface area contributed by atoms with E-state index < -0.39 is 6.10 Å². The molecule has 96 valence electrons. The summed E-state index contributed by atoms with van der Waals surface area (Å²) in [6.45, 7) is 1.13. The van der Waals surface area contributed by atoms with Gasteiger partial charge in [-0.3, -0.25) is 9.59 Å². The van der Waals surface area contributed by atoms with E-state index in [9.17, 15) is 9.59 Å². The van der Waals surface area contributed by atoms with Crippen LogP contribution in [0.3, 0.4) is 0 Å². The minimum atomic E-state index is -0.442. The fraction of sp³-hybridized carbons (Fsp3) is 0.818. The maximum absolute atomic E-state index is 11.9. The summed E-state index contributed by atoms with van der Waals surface area (Å²) in [5.41, 5.74) is 5.48. The lowest BCUT2D eigenvalue weighted by Crippen LogP contribution is -2.45. The number of hydrogen-bond acceptors (Lipinski definition) is 4. The van der Waals surface area contributed by atoms with Crippen molar-refractivity contribution in [2.75, 3.05) is 20.1 Å². The first kappa shape index (κ1) is 12.3. The highest BCUT2D eigenvalue weighted by Crippen LogP contribution is 2.19. The molecule has 6 heteroatoms. The van der Waals surface area contributed by atoms with Crippen molar-refractivity contribution < 1.29 is 14.3 Å². The van der Waals surface area contributed by atoms with E-state index in [-0.39, 0.29) is 24.0 Å². The van der Waals surface area contributed by atoms with Gasteiger partial charge >= 0.3 is 0 Å². The van der Waals surface area contributed by atoms with Gasteiger partial charge in [0.25, 0.3) is 0 Å². The number of carbonyl (C=O) groups is 2. The number of nitrogens with two attached hydrogens (primary N) is 1. The molecule has 0 aromatic carbocycles. The van der Waals surface area contributed by atoms with Crippen LogP contribution in [0.4, 0.5) is 0 Å². The second kappa shape index (κ2) is 5.01. The first-order valence-electron chi connectivity index (χ1n) is 6.02. The Morgan fingerprint density at radius 1 is 1.53 bits per heavy atom. The lowest BCUT2D eigenvalue weighted by atomic mass is 10.1. The Morgan fingerprint density at radius 3 is 2.82 bits per heavy atom. The Bertz CT molecular complexity index is 321. The normalized spacial score (nSPS) is 33.2. The van der Waals surface area contributed by atoms with Crippen LogP contribution in [0.1, 0.15) is 19.3 Å². The smallest absolute Gasteiger partial charge is 0.249 e. The van der Waals surface area contributed by atoms with E-state index in [4.69, 9.17) is 10.5 Å². The Kier molecular flexibility index (Phi) is 3.63. The van der Waals surface area contributed by atoms with Crippen LogP contribution in [0.2, 0.25) is 0 Å². The van der Waals surface area contributed by atoms with Crippen molar-refractivity contribution in [3.63, 3.8) is 0 Å². The van der Waals surface area contributed by atoms with Crippen molar-refractivity contribution in [1.82, 2.24) is 10.2 Å². The molecule has 2 aliphatic heterocycles. The molecule has 0 bridgehead atoms. The van der Waals surface area contributed by atoms with Gasteiger partial charge in [-0.25, -0.2) is 0 Å². The molecule has 0 aromatic rings. The number of hydrogen-bond donors (Lipinski definition) is 2. The van der Waals surface area contributed by atoms with Crippen molar-refractivity contribution in [3.05, 3.63) is 0 Å². The third kappa shape index (κ3) is 2.58. The molecule has 0 spiro atoms. The standard InChI is InChI=1S/C11H19N3O3/c1-14-5-4-8(11(14)16)13-10(15)9-3-2-7(6-12)17-9/h7-9H,2-6,12H2,1H3,(H,13,15). The maximum atomic E-state index is 11.9. The Morgan fingerprint density at radius 2 is 2.29 bits per heavy atom. The van der Waals surface area contributed by atoms with Crippen LogP contribution >= 0.6 is 0 Å². The van der Waals surface area contributed by atoms with Crippen LogP contribution in [-0.2, 0) is 14.3 Å². The van der Waals surface area contributed by atoms with E-state index in [1.807, 2.05) is 0 Å². The van der Waals surface area contributed by atoms with Gasteiger partial charge < -0.3 is 20.7 Å². The molecule has 2 aliphatic rings. The first-order valence-corrected chi connectivity index (χ1v) is 6.02. The van der Waals surface area contributed by atoms with E-state index >= 15 is 0 Å². The van der Waals surface area contributed by atoms with Gasteiger partial charge in [0, 0.05) is 20.1 Å². The molecule has 17 heavy (non-hydrogen) atoms. The fourth-order valence-corrected chi connectivity index (χ4v) is 2.29. The highest BCUT2D eigenvalue weighted by Gasteiger charge is 2.35. The molecular formula is C11H19N3O3. The molecule has 3 unspecified atom stereocenters. The number of amides is 2. The van der Waals surface area contributed by atoms with E-state index in [1.54, 1.807) is 11.9 Å². The van der Waals surface area contributed by atoms with Gasteiger partial charge in [0.2, 0.25) is 11.8 Å². The quantitative estimate of drug-likeness (QED) is 0.652. The molecule has 6 nitrogen and oxygen atoms in total. The predicted octanol–water partition coefficient (Wildman–Crippen LogP) is -1.16. The SMILES string of the molecule is CN1CCC(NC(=O)C2CCC(CN)O2)C1=O. The number of ether oxygens (including phenoxy) is 1. The van der Waals surface area contributed by atoms with Crippen LogP contribution in [-0.4, -0.2) is 55.1 Å². The van der Waals surface area contributed by atoms with Crippen molar-refractivity contribution >= 4 is 11.8 Å². The molecule has 3 atom stereocenters. The summed E-state index contributed by atoms with van der Waals surface area (Å²) >= 11 is 0. The molecule has 2 saturated heterocycles. The van der Waals surface area contributed by atoms with Gasteiger partial charge in [-0.1, -0.05) is 0 Å². The van der Waals surface area contributed by atoms with Gasteiger partial charge in [0.15, 0.2) is 0 Å². The molecule has 3 N–H and O–H groups in total. The lowest BCUT2D eigenvalue weighted by Gasteiger charge is -2.16. The Labute approximate surface area is 100 Å². The van der Waals surface area contributed by atoms with E-state index in [1.165, 1.54) is 0 Å². The van der Waals surface area contributed by atoms with Crippen molar-refractivity contribution in [1.29, 1.82) is 0 Å². The summed E-state index contributed by atoms with van der Waals surface area (Å²) < 4.78 is 5.48. The number of likely N-dealkylation sites (N-methyl/N-ethyl adjacent to an activating group) is 1. The highest BCUT2D eigenvalue weighted by molar-refractivity contribution is 5.90. The summed E-state index contributed by atoms with van der Waals surface area (Å²) in [6.07, 6.45) is 1.71. The van der Waals surface area contributed by atoms with Crippen molar-refractivity contribution in [2.45, 2.75) is 37.5 Å². The molecule has 0 aromatic heterocycles. The number of likely N-dealkylation sites (tertiary alicyclic amines) is 1. The summed E-state index contributed by atoms with van der Waals surface area (Å²) in [7, 11) is 1.74. The van der Waals surface area contributed by atoms with Crippen LogP contribution in [0.5, 0.6) is 0 Å². The third-order valence-electron chi connectivity index (χ3n) is 3.41. The number of nitrogens with one attached hydrogen (secondary N) is 1. The van der Waals surface area contributed by atoms with Crippen LogP contribution in [0.15, 0.2) is 0 Å². The van der Waals surface area contributed by atoms with Gasteiger partial charge in [-0.2, -0.15) is 0 Å². The molecule has 2 amide bonds. The van der Waals surface area contributed by atoms with Gasteiger partial charge in [0.05, 0.1) is 6.10 Å². The first-order chi connectivity index (χ1) is 8.11. The van der Waals surface area contributed by atoms with Gasteiger partial charge in [-0.15, -0.1) is 0 Å². The second-order valence-corrected chi connectivity index (χ2v) is 4.67. The molecule has 0 saturated carbocycles. The average Bonchev–Trinajstić information content (AvgIpc) is 2.91. The molecular weight excluding hydrogens is 222 g/mol. The van der Waals surface area contributed by atoms with Crippen molar-refractivity contribution in [3.8, 4) is 0 Å². The third-order valence-corrected chi connectivity index (χ3v) is 3.41. The molecule has 0 aliphatic carbocycles. The Balaban J connectivity index is 1.84. The lowest BCUT2D eigenvalue weighted by molar-refractivity contribution is -0.136. The van der Waals surface area contributed by atoms with Gasteiger partial charge in [0.1, 0.15) is 12.1 Å².